The quantitative estimate of drug-likeness (QED) is 0.644. The van der Waals surface area contributed by atoms with Gasteiger partial charge >= 0.3 is 0 Å². The molecule has 0 aliphatic heterocycles. The van der Waals surface area contributed by atoms with Crippen LogP contribution in [0.3, 0.4) is 0 Å². The average Bonchev–Trinajstić information content (AvgIpc) is 1.83. The minimum Gasteiger partial charge on any atom is -0.484 e. The summed E-state index contributed by atoms with van der Waals surface area (Å²) in [7, 11) is 0. The molecule has 0 aromatic heterocycles. The zero-order valence-electron chi connectivity index (χ0n) is 5.41. The number of nitrogens with two attached hydrogens (primary N) is 2. The van der Waals surface area contributed by atoms with E-state index in [9.17, 15) is 0 Å². The summed E-state index contributed by atoms with van der Waals surface area (Å²) in [6, 6.07) is 0. The first kappa shape index (κ1) is 16.8. The third-order valence-corrected chi connectivity index (χ3v) is 0.832. The largest absolute Gasteiger partial charge is 0.484 e. The summed E-state index contributed by atoms with van der Waals surface area (Å²) in [5, 5.41) is 0.426. The van der Waals surface area contributed by atoms with E-state index in [0.29, 0.717) is 24.7 Å². The third kappa shape index (κ3) is 11.2. The third-order valence-electron chi connectivity index (χ3n) is 0.548. The molecule has 6 heteroatoms. The average molecular weight is 207 g/mol. The highest BCUT2D eigenvalue weighted by Crippen LogP contribution is 1.75. The topological polar surface area (TPSA) is 61.3 Å². The fourth-order valence-corrected chi connectivity index (χ4v) is 0.315. The Labute approximate surface area is 78.3 Å². The Kier molecular flexibility index (Phi) is 20.3. The van der Waals surface area contributed by atoms with Crippen molar-refractivity contribution in [1.82, 2.24) is 0 Å². The summed E-state index contributed by atoms with van der Waals surface area (Å²) >= 11 is 4.62. The van der Waals surface area contributed by atoms with Crippen LogP contribution >= 0.6 is 37.0 Å². The lowest BCUT2D eigenvalue weighted by Gasteiger charge is -2.00. The van der Waals surface area contributed by atoms with E-state index in [4.69, 9.17) is 16.2 Å². The molecule has 0 heterocycles. The molecule has 64 valence electrons. The van der Waals surface area contributed by atoms with E-state index in [0.717, 1.165) is 0 Å². The van der Waals surface area contributed by atoms with Crippen LogP contribution < -0.4 is 11.5 Å². The van der Waals surface area contributed by atoms with Crippen LogP contribution in [-0.2, 0) is 4.74 Å². The van der Waals surface area contributed by atoms with Crippen LogP contribution in [0.5, 0.6) is 0 Å². The first-order valence-electron chi connectivity index (χ1n) is 2.37. The molecule has 0 atom stereocenters. The molecule has 0 rings (SSSR count). The molecular weight excluding hydrogens is 195 g/mol. The van der Waals surface area contributed by atoms with Crippen LogP contribution in [0.1, 0.15) is 0 Å². The van der Waals surface area contributed by atoms with Crippen molar-refractivity contribution < 1.29 is 4.74 Å². The van der Waals surface area contributed by atoms with Gasteiger partial charge in [-0.15, -0.1) is 24.8 Å². The Hall–Kier alpha value is 0.390. The number of ether oxygens (including phenoxy) is 1. The Balaban J connectivity index is -0.000000245. The van der Waals surface area contributed by atoms with E-state index in [-0.39, 0.29) is 24.8 Å². The Bertz CT molecular complexity index is 83.7. The van der Waals surface area contributed by atoms with Gasteiger partial charge in [0.25, 0.3) is 0 Å². The summed E-state index contributed by atoms with van der Waals surface area (Å²) < 4.78 is 4.82. The standard InChI is InChI=1S/C4H10N2OS.2ClH/c5-1-2-7-4(8)3-6;;/h1-3,5-6H2;2*1H. The van der Waals surface area contributed by atoms with Crippen molar-refractivity contribution in [2.24, 2.45) is 11.5 Å². The normalized spacial score (nSPS) is 7.00. The van der Waals surface area contributed by atoms with Gasteiger partial charge in [0.15, 0.2) is 5.05 Å². The fraction of sp³-hybridized carbons (Fsp3) is 0.750. The van der Waals surface area contributed by atoms with Gasteiger partial charge < -0.3 is 16.2 Å². The fourth-order valence-electron chi connectivity index (χ4n) is 0.232. The molecule has 0 amide bonds. The van der Waals surface area contributed by atoms with E-state index >= 15 is 0 Å². The van der Waals surface area contributed by atoms with Crippen LogP contribution in [0.4, 0.5) is 0 Å². The maximum atomic E-state index is 5.11. The van der Waals surface area contributed by atoms with E-state index in [1.54, 1.807) is 0 Å². The summed E-state index contributed by atoms with van der Waals surface area (Å²) in [6.45, 7) is 1.26. The highest BCUT2D eigenvalue weighted by atomic mass is 35.5. The molecule has 10 heavy (non-hydrogen) atoms. The van der Waals surface area contributed by atoms with Crippen molar-refractivity contribution in [1.29, 1.82) is 0 Å². The lowest BCUT2D eigenvalue weighted by Crippen LogP contribution is -2.18. The minimum absolute atomic E-state index is 0. The SMILES string of the molecule is Cl.Cl.NCCOC(=S)CN. The maximum absolute atomic E-state index is 5.11. The molecular formula is C4H12Cl2N2OS. The van der Waals surface area contributed by atoms with Crippen molar-refractivity contribution in [3.8, 4) is 0 Å². The predicted octanol–water partition coefficient (Wildman–Crippen LogP) is 0.0914. The smallest absolute Gasteiger partial charge is 0.173 e. The molecule has 0 saturated heterocycles. The van der Waals surface area contributed by atoms with Crippen molar-refractivity contribution >= 4 is 42.1 Å². The monoisotopic (exact) mass is 206 g/mol. The van der Waals surface area contributed by atoms with Gasteiger partial charge in [0.2, 0.25) is 0 Å². The highest BCUT2D eigenvalue weighted by molar-refractivity contribution is 7.80. The predicted molar refractivity (Wildman–Crippen MR) is 51.2 cm³/mol. The van der Waals surface area contributed by atoms with Gasteiger partial charge in [-0.3, -0.25) is 0 Å². The molecule has 0 radical (unpaired) electrons. The number of hydrogen-bond acceptors (Lipinski definition) is 4. The lowest BCUT2D eigenvalue weighted by molar-refractivity contribution is 0.319. The molecule has 0 saturated carbocycles. The van der Waals surface area contributed by atoms with Crippen molar-refractivity contribution in [2.45, 2.75) is 0 Å². The van der Waals surface area contributed by atoms with Gasteiger partial charge in [0.1, 0.15) is 6.61 Å². The summed E-state index contributed by atoms with van der Waals surface area (Å²) in [5.74, 6) is 0. The van der Waals surface area contributed by atoms with Crippen molar-refractivity contribution in [3.63, 3.8) is 0 Å². The van der Waals surface area contributed by atoms with E-state index in [1.807, 2.05) is 0 Å². The molecule has 3 nitrogen and oxygen atoms in total. The zero-order chi connectivity index (χ0) is 6.41. The first-order chi connectivity index (χ1) is 3.81. The van der Waals surface area contributed by atoms with E-state index in [2.05, 4.69) is 12.2 Å². The van der Waals surface area contributed by atoms with Crippen LogP contribution in [0.25, 0.3) is 0 Å². The van der Waals surface area contributed by atoms with Gasteiger partial charge in [0, 0.05) is 6.54 Å². The highest BCUT2D eigenvalue weighted by Gasteiger charge is 1.88. The van der Waals surface area contributed by atoms with Gasteiger partial charge in [-0.25, -0.2) is 0 Å². The van der Waals surface area contributed by atoms with Crippen LogP contribution in [0.2, 0.25) is 0 Å². The zero-order valence-corrected chi connectivity index (χ0v) is 7.86. The number of hydrogen-bond donors (Lipinski definition) is 2. The van der Waals surface area contributed by atoms with Gasteiger partial charge in [-0.05, 0) is 12.2 Å². The minimum atomic E-state index is 0. The lowest BCUT2D eigenvalue weighted by atomic mass is 10.7. The van der Waals surface area contributed by atoms with E-state index < -0.39 is 0 Å². The molecule has 0 spiro atoms. The van der Waals surface area contributed by atoms with Crippen molar-refractivity contribution in [3.05, 3.63) is 0 Å². The van der Waals surface area contributed by atoms with E-state index in [1.165, 1.54) is 0 Å². The number of halogens is 2. The second kappa shape index (κ2) is 12.1. The Morgan fingerprint density at radius 1 is 1.30 bits per heavy atom. The van der Waals surface area contributed by atoms with Crippen molar-refractivity contribution in [2.75, 3.05) is 19.7 Å². The van der Waals surface area contributed by atoms with Crippen LogP contribution in [-0.4, -0.2) is 24.7 Å². The molecule has 0 fully saturated rings. The Morgan fingerprint density at radius 3 is 2.10 bits per heavy atom. The summed E-state index contributed by atoms with van der Waals surface area (Å²) in [5.41, 5.74) is 10.2. The number of rotatable bonds is 3. The summed E-state index contributed by atoms with van der Waals surface area (Å²) in [6.07, 6.45) is 0. The second-order valence-electron chi connectivity index (χ2n) is 1.21. The molecule has 0 unspecified atom stereocenters. The molecule has 0 aliphatic carbocycles. The second-order valence-corrected chi connectivity index (χ2v) is 1.67. The van der Waals surface area contributed by atoms with Crippen LogP contribution in [0.15, 0.2) is 0 Å². The van der Waals surface area contributed by atoms with Gasteiger partial charge in [-0.1, -0.05) is 0 Å². The molecule has 0 aliphatic rings. The summed E-state index contributed by atoms with van der Waals surface area (Å²) in [4.78, 5) is 0. The molecule has 4 N–H and O–H groups in total. The molecule has 0 bridgehead atoms. The molecule has 0 aromatic rings. The van der Waals surface area contributed by atoms with Crippen LogP contribution in [0, 0.1) is 0 Å². The van der Waals surface area contributed by atoms with Gasteiger partial charge in [0.05, 0.1) is 6.54 Å². The van der Waals surface area contributed by atoms with Gasteiger partial charge in [-0.2, -0.15) is 0 Å². The maximum Gasteiger partial charge on any atom is 0.173 e. The number of thiocarbonyl (C=S) groups is 1. The first-order valence-corrected chi connectivity index (χ1v) is 2.78. The molecule has 0 aromatic carbocycles. The Morgan fingerprint density at radius 2 is 1.80 bits per heavy atom.